The largest absolute Gasteiger partial charge is 0.374 e. The monoisotopic (exact) mass is 581 g/mol. The molecule has 0 spiro atoms. The van der Waals surface area contributed by atoms with Gasteiger partial charge < -0.3 is 23.7 Å². The van der Waals surface area contributed by atoms with Gasteiger partial charge in [-0.1, -0.05) is 121 Å². The molecule has 5 atom stereocenters. The lowest BCUT2D eigenvalue weighted by molar-refractivity contribution is -0.301. The normalized spacial score (nSPS) is 21.9. The first-order valence-electron chi connectivity index (χ1n) is 14.1. The number of rotatable bonds is 14. The Hall–Kier alpha value is -3.52. The fraction of sp³-hybridized carbons (Fsp3) is 0.286. The SMILES string of the molecule is S=C=N[C@H]1[C@H](OCc2ccccc2)[C@@H](OCc2ccccc2)[C@H](OCc2ccccc2)O[C@@H]1COCc1ccccc1. The summed E-state index contributed by atoms with van der Waals surface area (Å²) in [5, 5.41) is 2.57. The van der Waals surface area contributed by atoms with Gasteiger partial charge in [0.15, 0.2) is 6.29 Å². The molecule has 5 rings (SSSR count). The number of hydrogen-bond donors (Lipinski definition) is 0. The molecule has 0 bridgehead atoms. The topological polar surface area (TPSA) is 58.5 Å². The lowest BCUT2D eigenvalue weighted by Crippen LogP contribution is -2.60. The minimum Gasteiger partial charge on any atom is -0.374 e. The third kappa shape index (κ3) is 8.74. The zero-order valence-corrected chi connectivity index (χ0v) is 24.2. The van der Waals surface area contributed by atoms with E-state index in [9.17, 15) is 0 Å². The second-order valence-electron chi connectivity index (χ2n) is 10.1. The van der Waals surface area contributed by atoms with Gasteiger partial charge in [0.2, 0.25) is 0 Å². The first-order valence-corrected chi connectivity index (χ1v) is 14.5. The van der Waals surface area contributed by atoms with Gasteiger partial charge >= 0.3 is 0 Å². The quantitative estimate of drug-likeness (QED) is 0.121. The maximum Gasteiger partial charge on any atom is 0.187 e. The van der Waals surface area contributed by atoms with Crippen molar-refractivity contribution in [2.24, 2.45) is 4.99 Å². The van der Waals surface area contributed by atoms with Crippen LogP contribution in [0.2, 0.25) is 0 Å². The molecule has 4 aromatic carbocycles. The Morgan fingerprint density at radius 1 is 0.571 bits per heavy atom. The number of ether oxygens (including phenoxy) is 5. The van der Waals surface area contributed by atoms with Gasteiger partial charge in [-0.15, -0.1) is 0 Å². The van der Waals surface area contributed by atoms with E-state index in [2.05, 4.69) is 10.2 Å². The highest BCUT2D eigenvalue weighted by molar-refractivity contribution is 7.78. The predicted molar refractivity (Wildman–Crippen MR) is 165 cm³/mol. The number of hydrogen-bond acceptors (Lipinski definition) is 7. The van der Waals surface area contributed by atoms with Crippen LogP contribution in [0.4, 0.5) is 0 Å². The minimum atomic E-state index is -0.739. The van der Waals surface area contributed by atoms with Crippen LogP contribution in [-0.2, 0) is 50.1 Å². The van der Waals surface area contributed by atoms with Gasteiger partial charge in [0.05, 0.1) is 38.2 Å². The highest BCUT2D eigenvalue weighted by Crippen LogP contribution is 2.31. The van der Waals surface area contributed by atoms with Crippen LogP contribution < -0.4 is 0 Å². The average molecular weight is 582 g/mol. The van der Waals surface area contributed by atoms with E-state index in [1.165, 1.54) is 0 Å². The van der Waals surface area contributed by atoms with Crippen LogP contribution >= 0.6 is 12.2 Å². The summed E-state index contributed by atoms with van der Waals surface area (Å²) < 4.78 is 32.2. The summed E-state index contributed by atoms with van der Waals surface area (Å²) in [4.78, 5) is 4.54. The third-order valence-corrected chi connectivity index (χ3v) is 7.15. The molecule has 0 aliphatic carbocycles. The first-order chi connectivity index (χ1) is 20.8. The Morgan fingerprint density at radius 3 is 1.48 bits per heavy atom. The van der Waals surface area contributed by atoms with Crippen LogP contribution in [0, 0.1) is 0 Å². The summed E-state index contributed by atoms with van der Waals surface area (Å²) in [5.74, 6) is 0. The number of nitrogens with zero attached hydrogens (tertiary/aromatic N) is 1. The number of thiocarbonyl (C=S) groups is 1. The van der Waals surface area contributed by atoms with Gasteiger partial charge in [0.25, 0.3) is 0 Å². The van der Waals surface area contributed by atoms with Crippen molar-refractivity contribution in [3.8, 4) is 0 Å². The van der Waals surface area contributed by atoms with Crippen LogP contribution in [0.3, 0.4) is 0 Å². The number of aliphatic imine (C=N–C) groups is 1. The lowest BCUT2D eigenvalue weighted by Gasteiger charge is -2.44. The van der Waals surface area contributed by atoms with E-state index >= 15 is 0 Å². The molecule has 0 amide bonds. The zero-order chi connectivity index (χ0) is 28.8. The molecule has 4 aromatic rings. The van der Waals surface area contributed by atoms with Crippen LogP contribution in [0.15, 0.2) is 126 Å². The summed E-state index contributed by atoms with van der Waals surface area (Å²) in [7, 11) is 0. The molecule has 1 fully saturated rings. The summed E-state index contributed by atoms with van der Waals surface area (Å²) >= 11 is 5.09. The fourth-order valence-corrected chi connectivity index (χ4v) is 5.02. The molecule has 0 unspecified atom stereocenters. The fourth-order valence-electron chi connectivity index (χ4n) is 4.90. The second kappa shape index (κ2) is 16.2. The molecule has 42 heavy (non-hydrogen) atoms. The average Bonchev–Trinajstić information content (AvgIpc) is 3.05. The van der Waals surface area contributed by atoms with Gasteiger partial charge in [0, 0.05) is 0 Å². The molecule has 7 heteroatoms. The Kier molecular flexibility index (Phi) is 11.6. The Morgan fingerprint density at radius 2 is 1.00 bits per heavy atom. The molecular formula is C35H35NO5S. The molecule has 0 saturated carbocycles. The van der Waals surface area contributed by atoms with E-state index in [0.29, 0.717) is 26.4 Å². The standard InChI is InChI=1S/C35H35NO5S/c42-26-36-32-31(25-37-21-27-13-5-1-6-14-27)41-35(40-24-30-19-11-4-12-20-30)34(39-23-29-17-9-3-10-18-29)33(32)38-22-28-15-7-2-8-16-28/h1-20,31-35H,21-25H2/t31-,32-,33+,34-,35-/m1/s1. The van der Waals surface area contributed by atoms with Crippen LogP contribution in [0.25, 0.3) is 0 Å². The summed E-state index contributed by atoms with van der Waals surface area (Å²) in [6, 6.07) is 39.5. The highest BCUT2D eigenvalue weighted by atomic mass is 32.1. The predicted octanol–water partition coefficient (Wildman–Crippen LogP) is 6.79. The molecular weight excluding hydrogens is 546 g/mol. The molecule has 1 saturated heterocycles. The van der Waals surface area contributed by atoms with Crippen LogP contribution in [0.1, 0.15) is 22.3 Å². The van der Waals surface area contributed by atoms with E-state index in [1.54, 1.807) is 0 Å². The van der Waals surface area contributed by atoms with Crippen molar-refractivity contribution in [2.75, 3.05) is 6.61 Å². The third-order valence-electron chi connectivity index (χ3n) is 7.04. The van der Waals surface area contributed by atoms with Gasteiger partial charge in [-0.3, -0.25) is 0 Å². The van der Waals surface area contributed by atoms with Gasteiger partial charge in [-0.05, 0) is 34.5 Å². The Bertz CT molecular complexity index is 1370. The molecule has 1 heterocycles. The van der Waals surface area contributed by atoms with Crippen molar-refractivity contribution in [3.05, 3.63) is 144 Å². The maximum atomic E-state index is 6.59. The lowest BCUT2D eigenvalue weighted by atomic mass is 9.96. The minimum absolute atomic E-state index is 0.266. The maximum absolute atomic E-state index is 6.59. The van der Waals surface area contributed by atoms with Crippen molar-refractivity contribution in [3.63, 3.8) is 0 Å². The molecule has 1 aliphatic heterocycles. The molecule has 1 aliphatic rings. The first kappa shape index (κ1) is 30.0. The van der Waals surface area contributed by atoms with Crippen molar-refractivity contribution in [2.45, 2.75) is 57.1 Å². The van der Waals surface area contributed by atoms with Gasteiger partial charge in [0.1, 0.15) is 24.4 Å². The summed E-state index contributed by atoms with van der Waals surface area (Å²) in [6.07, 6.45) is -2.37. The Labute approximate surface area is 252 Å². The van der Waals surface area contributed by atoms with Crippen molar-refractivity contribution < 1.29 is 23.7 Å². The smallest absolute Gasteiger partial charge is 0.187 e. The highest BCUT2D eigenvalue weighted by Gasteiger charge is 2.48. The number of benzene rings is 4. The van der Waals surface area contributed by atoms with Gasteiger partial charge in [-0.25, -0.2) is 4.99 Å². The van der Waals surface area contributed by atoms with Crippen molar-refractivity contribution in [1.29, 1.82) is 0 Å². The molecule has 0 radical (unpaired) electrons. The molecule has 0 aromatic heterocycles. The number of isothiocyanates is 1. The summed E-state index contributed by atoms with van der Waals surface area (Å²) in [5.41, 5.74) is 4.17. The summed E-state index contributed by atoms with van der Waals surface area (Å²) in [6.45, 7) is 1.77. The van der Waals surface area contributed by atoms with E-state index in [4.69, 9.17) is 35.9 Å². The van der Waals surface area contributed by atoms with Crippen molar-refractivity contribution >= 4 is 17.4 Å². The van der Waals surface area contributed by atoms with Crippen LogP contribution in [0.5, 0.6) is 0 Å². The van der Waals surface area contributed by atoms with E-state index in [0.717, 1.165) is 22.3 Å². The van der Waals surface area contributed by atoms with E-state index < -0.39 is 30.6 Å². The zero-order valence-electron chi connectivity index (χ0n) is 23.4. The van der Waals surface area contributed by atoms with Crippen LogP contribution in [-0.4, -0.2) is 42.4 Å². The molecule has 6 nitrogen and oxygen atoms in total. The molecule has 0 N–H and O–H groups in total. The van der Waals surface area contributed by atoms with Gasteiger partial charge in [-0.2, -0.15) is 0 Å². The second-order valence-corrected chi connectivity index (χ2v) is 10.3. The molecule has 216 valence electrons. The van der Waals surface area contributed by atoms with Crippen molar-refractivity contribution in [1.82, 2.24) is 0 Å². The Balaban J connectivity index is 1.40. The van der Waals surface area contributed by atoms with E-state index in [1.807, 2.05) is 121 Å². The van der Waals surface area contributed by atoms with E-state index in [-0.39, 0.29) is 6.61 Å².